The largest absolute Gasteiger partial charge is 0.316 e. The second-order valence-electron chi connectivity index (χ2n) is 5.93. The summed E-state index contributed by atoms with van der Waals surface area (Å²) in [5.74, 6) is 0.822. The highest BCUT2D eigenvalue weighted by Crippen LogP contribution is 2.37. The first-order valence-corrected chi connectivity index (χ1v) is 7.62. The minimum Gasteiger partial charge on any atom is -0.316 e. The predicted molar refractivity (Wildman–Crippen MR) is 86.0 cm³/mol. The van der Waals surface area contributed by atoms with Crippen molar-refractivity contribution < 1.29 is 0 Å². The molecule has 0 heterocycles. The molecule has 1 aliphatic rings. The van der Waals surface area contributed by atoms with Gasteiger partial charge in [-0.05, 0) is 60.5 Å². The lowest BCUT2D eigenvalue weighted by Crippen LogP contribution is -2.08. The molecule has 1 nitrogen and oxygen atoms in total. The number of hydrogen-bond acceptors (Lipinski definition) is 1. The molecule has 1 aliphatic carbocycles. The molecule has 0 amide bonds. The Balaban J connectivity index is 1.84. The minimum absolute atomic E-state index is 0.822. The molecule has 0 atom stereocenters. The van der Waals surface area contributed by atoms with Crippen molar-refractivity contribution in [2.75, 3.05) is 7.05 Å². The van der Waals surface area contributed by atoms with Crippen LogP contribution in [0.15, 0.2) is 42.5 Å². The summed E-state index contributed by atoms with van der Waals surface area (Å²) < 4.78 is 0. The molecule has 0 saturated heterocycles. The van der Waals surface area contributed by atoms with E-state index in [0.29, 0.717) is 0 Å². The molecule has 1 saturated carbocycles. The van der Waals surface area contributed by atoms with Crippen molar-refractivity contribution in [2.24, 2.45) is 0 Å². The molecule has 20 heavy (non-hydrogen) atoms. The van der Waals surface area contributed by atoms with Gasteiger partial charge in [-0.3, -0.25) is 0 Å². The van der Waals surface area contributed by atoms with Gasteiger partial charge < -0.3 is 5.32 Å². The Morgan fingerprint density at radius 3 is 2.35 bits per heavy atom. The van der Waals surface area contributed by atoms with E-state index in [-0.39, 0.29) is 0 Å². The summed E-state index contributed by atoms with van der Waals surface area (Å²) in [6.45, 7) is 3.13. The van der Waals surface area contributed by atoms with Crippen LogP contribution in [0.3, 0.4) is 0 Å². The van der Waals surface area contributed by atoms with E-state index >= 15 is 0 Å². The van der Waals surface area contributed by atoms with Crippen LogP contribution >= 0.6 is 0 Å². The molecule has 0 unspecified atom stereocenters. The van der Waals surface area contributed by atoms with E-state index in [1.807, 2.05) is 7.05 Å². The fourth-order valence-corrected chi connectivity index (χ4v) is 3.04. The Kier molecular flexibility index (Phi) is 3.88. The maximum absolute atomic E-state index is 3.20. The van der Waals surface area contributed by atoms with E-state index in [0.717, 1.165) is 12.5 Å². The van der Waals surface area contributed by atoms with Crippen LogP contribution in [0.2, 0.25) is 0 Å². The Bertz CT molecular complexity index is 579. The van der Waals surface area contributed by atoms with Gasteiger partial charge >= 0.3 is 0 Å². The van der Waals surface area contributed by atoms with E-state index in [1.54, 1.807) is 0 Å². The quantitative estimate of drug-likeness (QED) is 0.848. The molecule has 2 aromatic rings. The molecule has 2 aromatic carbocycles. The van der Waals surface area contributed by atoms with Crippen LogP contribution in [0.4, 0.5) is 0 Å². The number of nitrogens with one attached hydrogen (secondary N) is 1. The molecular formula is C19H23N. The first-order valence-electron chi connectivity index (χ1n) is 7.62. The summed E-state index contributed by atoms with van der Waals surface area (Å²) in [6, 6.07) is 16.0. The molecule has 1 heteroatoms. The van der Waals surface area contributed by atoms with E-state index in [9.17, 15) is 0 Å². The van der Waals surface area contributed by atoms with Gasteiger partial charge in [0.1, 0.15) is 0 Å². The number of hydrogen-bond donors (Lipinski definition) is 1. The van der Waals surface area contributed by atoms with Crippen LogP contribution < -0.4 is 5.32 Å². The normalized spacial score (nSPS) is 15.1. The zero-order valence-corrected chi connectivity index (χ0v) is 12.4. The lowest BCUT2D eigenvalue weighted by molar-refractivity contribution is 0.420. The second kappa shape index (κ2) is 5.80. The van der Waals surface area contributed by atoms with Gasteiger partial charge in [-0.15, -0.1) is 0 Å². The van der Waals surface area contributed by atoms with Crippen LogP contribution in [0.5, 0.6) is 0 Å². The van der Waals surface area contributed by atoms with Gasteiger partial charge in [0, 0.05) is 6.54 Å². The molecule has 0 aliphatic heterocycles. The first-order chi connectivity index (χ1) is 9.78. The molecule has 0 spiro atoms. The van der Waals surface area contributed by atoms with Gasteiger partial charge in [-0.25, -0.2) is 0 Å². The average molecular weight is 265 g/mol. The molecule has 0 bridgehead atoms. The van der Waals surface area contributed by atoms with Crippen molar-refractivity contribution in [3.05, 3.63) is 59.2 Å². The number of rotatable bonds is 4. The van der Waals surface area contributed by atoms with E-state index in [4.69, 9.17) is 0 Å². The Morgan fingerprint density at radius 1 is 1.05 bits per heavy atom. The fourth-order valence-electron chi connectivity index (χ4n) is 3.04. The third kappa shape index (κ3) is 2.64. The maximum Gasteiger partial charge on any atom is 0.0202 e. The highest BCUT2D eigenvalue weighted by molar-refractivity contribution is 5.68. The highest BCUT2D eigenvalue weighted by Gasteiger charge is 2.19. The van der Waals surface area contributed by atoms with Gasteiger partial charge in [0.15, 0.2) is 0 Å². The molecule has 0 aromatic heterocycles. The van der Waals surface area contributed by atoms with Gasteiger partial charge in [0.2, 0.25) is 0 Å². The third-order valence-electron chi connectivity index (χ3n) is 4.47. The van der Waals surface area contributed by atoms with Crippen molar-refractivity contribution in [1.82, 2.24) is 5.32 Å². The van der Waals surface area contributed by atoms with Crippen LogP contribution in [-0.2, 0) is 6.54 Å². The van der Waals surface area contributed by atoms with Gasteiger partial charge in [-0.1, -0.05) is 48.9 Å². The average Bonchev–Trinajstić information content (AvgIpc) is 2.39. The topological polar surface area (TPSA) is 12.0 Å². The Morgan fingerprint density at radius 2 is 1.80 bits per heavy atom. The van der Waals surface area contributed by atoms with Crippen molar-refractivity contribution in [3.63, 3.8) is 0 Å². The van der Waals surface area contributed by atoms with Crippen LogP contribution in [0.25, 0.3) is 11.1 Å². The summed E-state index contributed by atoms with van der Waals surface area (Å²) in [7, 11) is 1.99. The Hall–Kier alpha value is -1.60. The summed E-state index contributed by atoms with van der Waals surface area (Å²) in [5, 5.41) is 3.20. The zero-order valence-electron chi connectivity index (χ0n) is 12.4. The van der Waals surface area contributed by atoms with Gasteiger partial charge in [-0.2, -0.15) is 0 Å². The summed E-state index contributed by atoms with van der Waals surface area (Å²) >= 11 is 0. The van der Waals surface area contributed by atoms with E-state index in [1.165, 1.54) is 47.1 Å². The zero-order chi connectivity index (χ0) is 13.9. The first kappa shape index (κ1) is 13.4. The van der Waals surface area contributed by atoms with Crippen molar-refractivity contribution >= 4 is 0 Å². The van der Waals surface area contributed by atoms with Crippen LogP contribution in [0, 0.1) is 6.92 Å². The number of aryl methyl sites for hydroxylation is 1. The molecule has 3 rings (SSSR count). The van der Waals surface area contributed by atoms with Crippen molar-refractivity contribution in [1.29, 1.82) is 0 Å². The third-order valence-corrected chi connectivity index (χ3v) is 4.47. The number of benzene rings is 2. The fraction of sp³-hybridized carbons (Fsp3) is 0.368. The van der Waals surface area contributed by atoms with Gasteiger partial charge in [0.25, 0.3) is 0 Å². The lowest BCUT2D eigenvalue weighted by atomic mass is 9.80. The summed E-state index contributed by atoms with van der Waals surface area (Å²) in [5.41, 5.74) is 6.91. The van der Waals surface area contributed by atoms with Crippen molar-refractivity contribution in [3.8, 4) is 11.1 Å². The standard InChI is InChI=1S/C19H23N/c1-14-12-15(13-20-2)6-11-19(14)18-9-7-17(8-10-18)16-4-3-5-16/h6-12,16,20H,3-5,13H2,1-2H3. The van der Waals surface area contributed by atoms with Crippen LogP contribution in [0.1, 0.15) is 41.9 Å². The van der Waals surface area contributed by atoms with E-state index in [2.05, 4.69) is 54.7 Å². The molecule has 1 fully saturated rings. The predicted octanol–water partition coefficient (Wildman–Crippen LogP) is 4.65. The molecule has 0 radical (unpaired) electrons. The van der Waals surface area contributed by atoms with E-state index < -0.39 is 0 Å². The minimum atomic E-state index is 0.822. The highest BCUT2D eigenvalue weighted by atomic mass is 14.8. The molecule has 1 N–H and O–H groups in total. The molecule has 104 valence electrons. The lowest BCUT2D eigenvalue weighted by Gasteiger charge is -2.25. The summed E-state index contributed by atoms with van der Waals surface area (Å²) in [6.07, 6.45) is 4.15. The smallest absolute Gasteiger partial charge is 0.0202 e. The second-order valence-corrected chi connectivity index (χ2v) is 5.93. The van der Waals surface area contributed by atoms with Gasteiger partial charge in [0.05, 0.1) is 0 Å². The maximum atomic E-state index is 3.20. The summed E-state index contributed by atoms with van der Waals surface area (Å²) in [4.78, 5) is 0. The van der Waals surface area contributed by atoms with Crippen LogP contribution in [-0.4, -0.2) is 7.05 Å². The Labute approximate surface area is 122 Å². The monoisotopic (exact) mass is 265 g/mol. The molecular weight excluding hydrogens is 242 g/mol. The van der Waals surface area contributed by atoms with Crippen molar-refractivity contribution in [2.45, 2.75) is 38.6 Å². The SMILES string of the molecule is CNCc1ccc(-c2ccc(C3CCC3)cc2)c(C)c1.